The molecule has 288 valence electrons. The molecule has 0 spiro atoms. The number of nitrogens with zero attached hydrogens (tertiary/aromatic N) is 2. The van der Waals surface area contributed by atoms with Crippen LogP contribution in [0.25, 0.3) is 21.9 Å². The number of ether oxygens (including phenoxy) is 1. The Morgan fingerprint density at radius 1 is 0.456 bits per heavy atom. The Balaban J connectivity index is 1.39. The van der Waals surface area contributed by atoms with E-state index in [1.165, 1.54) is 33.2 Å². The minimum absolute atomic E-state index is 0.0313. The van der Waals surface area contributed by atoms with E-state index in [1.807, 2.05) is 0 Å². The van der Waals surface area contributed by atoms with Crippen LogP contribution in [0.4, 0.5) is 28.4 Å². The van der Waals surface area contributed by atoms with E-state index in [2.05, 4.69) is 208 Å². The highest BCUT2D eigenvalue weighted by atomic mass is 16.5. The van der Waals surface area contributed by atoms with Gasteiger partial charge in [-0.25, -0.2) is 0 Å². The predicted octanol–water partition coefficient (Wildman–Crippen LogP) is 13.6. The van der Waals surface area contributed by atoms with Crippen molar-refractivity contribution in [3.63, 3.8) is 0 Å². The molecule has 9 rings (SSSR count). The van der Waals surface area contributed by atoms with Crippen LogP contribution in [0.15, 0.2) is 120 Å². The summed E-state index contributed by atoms with van der Waals surface area (Å²) in [7, 11) is 0. The monoisotopic (exact) mass is 750 g/mol. The first-order chi connectivity index (χ1) is 26.8. The molecule has 0 unspecified atom stereocenters. The summed E-state index contributed by atoms with van der Waals surface area (Å²) < 4.78 is 14.0. The number of fused-ring (bicyclic) bond motifs is 8. The number of furan rings is 1. The van der Waals surface area contributed by atoms with E-state index in [-0.39, 0.29) is 28.5 Å². The predicted molar refractivity (Wildman–Crippen MR) is 243 cm³/mol. The summed E-state index contributed by atoms with van der Waals surface area (Å²) in [6.07, 6.45) is 0. The highest BCUT2D eigenvalue weighted by Gasteiger charge is 2.45. The fourth-order valence-corrected chi connectivity index (χ4v) is 8.67. The third-order valence-corrected chi connectivity index (χ3v) is 12.1. The Bertz CT molecular complexity index is 2650. The molecular weight excluding hydrogens is 695 g/mol. The molecule has 0 radical (unpaired) electrons. The second-order valence-corrected chi connectivity index (χ2v) is 20.4. The summed E-state index contributed by atoms with van der Waals surface area (Å²) in [5.74, 6) is 1.75. The van der Waals surface area contributed by atoms with Crippen molar-refractivity contribution in [3.8, 4) is 11.5 Å². The van der Waals surface area contributed by atoms with Gasteiger partial charge in [0, 0.05) is 22.1 Å². The van der Waals surface area contributed by atoms with Gasteiger partial charge in [-0.05, 0) is 103 Å². The summed E-state index contributed by atoms with van der Waals surface area (Å²) in [6, 6.07) is 43.0. The number of anilines is 5. The van der Waals surface area contributed by atoms with Crippen molar-refractivity contribution < 1.29 is 9.15 Å². The zero-order chi connectivity index (χ0) is 40.4. The maximum Gasteiger partial charge on any atom is 0.332 e. The Morgan fingerprint density at radius 2 is 0.965 bits per heavy atom. The number of benzene rings is 6. The molecule has 0 N–H and O–H groups in total. The number of hydrogen-bond donors (Lipinski definition) is 0. The molecule has 2 aliphatic heterocycles. The third kappa shape index (κ3) is 6.13. The Kier molecular flexibility index (Phi) is 8.18. The SMILES string of the molecule is CC(C)(C)c1ccc(N2c3cc(C(C)(C)C)ccc3B(N3c4ccc(C(C)(C)C)cc4Oc4cc(C(C)(C)C)ccc43)c3ccc4c(oc5ccccc54)c32)cc1. The molecule has 0 saturated heterocycles. The molecular formula is C52H55BN2O2. The first kappa shape index (κ1) is 37.2. The van der Waals surface area contributed by atoms with Gasteiger partial charge in [0.1, 0.15) is 17.1 Å². The van der Waals surface area contributed by atoms with E-state index in [1.54, 1.807) is 0 Å². The molecule has 1 aromatic heterocycles. The molecule has 0 bridgehead atoms. The molecule has 3 heterocycles. The van der Waals surface area contributed by atoms with Crippen LogP contribution in [-0.2, 0) is 21.7 Å². The van der Waals surface area contributed by atoms with E-state index in [0.717, 1.165) is 61.9 Å². The van der Waals surface area contributed by atoms with Gasteiger partial charge in [-0.3, -0.25) is 0 Å². The highest BCUT2D eigenvalue weighted by Crippen LogP contribution is 2.52. The lowest BCUT2D eigenvalue weighted by Gasteiger charge is -2.44. The van der Waals surface area contributed by atoms with Gasteiger partial charge < -0.3 is 18.9 Å². The van der Waals surface area contributed by atoms with Crippen molar-refractivity contribution in [2.75, 3.05) is 9.71 Å². The van der Waals surface area contributed by atoms with Gasteiger partial charge >= 0.3 is 6.85 Å². The van der Waals surface area contributed by atoms with Crippen LogP contribution in [0.3, 0.4) is 0 Å². The van der Waals surface area contributed by atoms with Gasteiger partial charge in [0.2, 0.25) is 0 Å². The summed E-state index contributed by atoms with van der Waals surface area (Å²) in [4.78, 5) is 5.01. The number of hydrogen-bond acceptors (Lipinski definition) is 4. The van der Waals surface area contributed by atoms with Gasteiger partial charge in [-0.15, -0.1) is 0 Å². The lowest BCUT2D eigenvalue weighted by atomic mass is 9.45. The maximum absolute atomic E-state index is 6.99. The normalized spacial score (nSPS) is 14.4. The fourth-order valence-electron chi connectivity index (χ4n) is 8.67. The van der Waals surface area contributed by atoms with E-state index in [4.69, 9.17) is 9.15 Å². The van der Waals surface area contributed by atoms with Gasteiger partial charge in [0.25, 0.3) is 0 Å². The van der Waals surface area contributed by atoms with Crippen LogP contribution < -0.4 is 25.4 Å². The zero-order valence-corrected chi connectivity index (χ0v) is 35.8. The minimum Gasteiger partial charge on any atom is -0.454 e. The average Bonchev–Trinajstić information content (AvgIpc) is 3.53. The van der Waals surface area contributed by atoms with Crippen molar-refractivity contribution >= 4 is 68.1 Å². The Labute approximate surface area is 339 Å². The fraction of sp³-hybridized carbons (Fsp3) is 0.308. The summed E-state index contributed by atoms with van der Waals surface area (Å²) in [6.45, 7) is 27.1. The van der Waals surface area contributed by atoms with Crippen LogP contribution in [0.2, 0.25) is 0 Å². The third-order valence-electron chi connectivity index (χ3n) is 12.1. The molecule has 0 atom stereocenters. The molecule has 57 heavy (non-hydrogen) atoms. The minimum atomic E-state index is -0.200. The number of rotatable bonds is 2. The van der Waals surface area contributed by atoms with Crippen molar-refractivity contribution in [2.45, 2.75) is 105 Å². The molecule has 2 aliphatic rings. The van der Waals surface area contributed by atoms with E-state index in [9.17, 15) is 0 Å². The van der Waals surface area contributed by atoms with E-state index >= 15 is 0 Å². The highest BCUT2D eigenvalue weighted by molar-refractivity contribution is 6.92. The van der Waals surface area contributed by atoms with Gasteiger partial charge in [-0.1, -0.05) is 150 Å². The quantitative estimate of drug-likeness (QED) is 0.165. The molecule has 6 aromatic carbocycles. The molecule has 4 nitrogen and oxygen atoms in total. The lowest BCUT2D eigenvalue weighted by molar-refractivity contribution is 0.470. The largest absolute Gasteiger partial charge is 0.454 e. The van der Waals surface area contributed by atoms with Crippen LogP contribution in [-0.4, -0.2) is 6.85 Å². The maximum atomic E-state index is 6.99. The Hall–Kier alpha value is -5.42. The molecule has 0 fully saturated rings. The zero-order valence-electron chi connectivity index (χ0n) is 35.8. The molecule has 5 heteroatoms. The van der Waals surface area contributed by atoms with Gasteiger partial charge in [-0.2, -0.15) is 0 Å². The molecule has 0 amide bonds. The molecule has 0 aliphatic carbocycles. The summed E-state index contributed by atoms with van der Waals surface area (Å²) in [5, 5.41) is 2.23. The average molecular weight is 751 g/mol. The van der Waals surface area contributed by atoms with Crippen molar-refractivity contribution in [1.29, 1.82) is 0 Å². The van der Waals surface area contributed by atoms with Crippen LogP contribution >= 0.6 is 0 Å². The van der Waals surface area contributed by atoms with Crippen LogP contribution in [0.5, 0.6) is 11.5 Å². The second-order valence-electron chi connectivity index (χ2n) is 20.4. The van der Waals surface area contributed by atoms with Crippen LogP contribution in [0.1, 0.15) is 105 Å². The van der Waals surface area contributed by atoms with Gasteiger partial charge in [0.15, 0.2) is 5.58 Å². The molecule has 0 saturated carbocycles. The van der Waals surface area contributed by atoms with E-state index < -0.39 is 0 Å². The summed E-state index contributed by atoms with van der Waals surface area (Å²) in [5.41, 5.74) is 14.6. The van der Waals surface area contributed by atoms with Crippen molar-refractivity contribution in [1.82, 2.24) is 0 Å². The smallest absolute Gasteiger partial charge is 0.332 e. The van der Waals surface area contributed by atoms with E-state index in [0.29, 0.717) is 0 Å². The first-order valence-corrected chi connectivity index (χ1v) is 20.5. The van der Waals surface area contributed by atoms with Crippen molar-refractivity contribution in [2.24, 2.45) is 0 Å². The van der Waals surface area contributed by atoms with Gasteiger partial charge in [0.05, 0.1) is 17.1 Å². The second kappa shape index (κ2) is 12.5. The lowest BCUT2D eigenvalue weighted by Crippen LogP contribution is -2.60. The standard InChI is InChI=1S/C52H55BN2O2/c1-49(2,3)32-17-22-36(23-18-32)54-43-29-33(50(4,5)6)19-25-39(43)53(40-26-24-38-37-15-13-14-16-44(37)57-48(38)47(40)54)55-41-27-20-34(51(7,8)9)30-45(41)56-46-31-35(52(10,11)12)21-28-42(46)55/h13-31H,1-12H3. The first-order valence-electron chi connectivity index (χ1n) is 20.5. The number of para-hydroxylation sites is 1. The summed E-state index contributed by atoms with van der Waals surface area (Å²) >= 11 is 0. The van der Waals surface area contributed by atoms with Crippen LogP contribution in [0, 0.1) is 0 Å². The van der Waals surface area contributed by atoms with Crippen molar-refractivity contribution in [3.05, 3.63) is 138 Å². The topological polar surface area (TPSA) is 28.9 Å². The molecule has 7 aromatic rings. The Morgan fingerprint density at radius 3 is 1.54 bits per heavy atom.